The summed E-state index contributed by atoms with van der Waals surface area (Å²) in [7, 11) is 0. The molecule has 0 radical (unpaired) electrons. The Balaban J connectivity index is 2.21. The highest BCUT2D eigenvalue weighted by atomic mass is 16.1. The van der Waals surface area contributed by atoms with Crippen LogP contribution in [-0.2, 0) is 4.79 Å². The van der Waals surface area contributed by atoms with Crippen molar-refractivity contribution in [3.05, 3.63) is 12.2 Å². The van der Waals surface area contributed by atoms with Crippen molar-refractivity contribution in [2.24, 2.45) is 29.6 Å². The number of hydrogen-bond acceptors (Lipinski definition) is 1. The standard InChI is InChI=1S/C15H24O/c1-9(2)12-6-5-10(3)15-13(8-12)11(4)7-14(15)16/h10-13,15H,1,5-8H2,2-4H3/t10-,11-,12+,13+,15+/m0/s1. The van der Waals surface area contributed by atoms with E-state index in [9.17, 15) is 4.79 Å². The van der Waals surface area contributed by atoms with Crippen LogP contribution in [-0.4, -0.2) is 5.78 Å². The zero-order valence-corrected chi connectivity index (χ0v) is 10.8. The summed E-state index contributed by atoms with van der Waals surface area (Å²) in [6, 6.07) is 0. The van der Waals surface area contributed by atoms with Crippen LogP contribution in [0.3, 0.4) is 0 Å². The van der Waals surface area contributed by atoms with E-state index in [1.165, 1.54) is 24.8 Å². The van der Waals surface area contributed by atoms with Crippen molar-refractivity contribution in [1.29, 1.82) is 0 Å². The van der Waals surface area contributed by atoms with Gasteiger partial charge in [-0.05, 0) is 49.9 Å². The second-order valence-electron chi connectivity index (χ2n) is 6.17. The Hall–Kier alpha value is -0.590. The van der Waals surface area contributed by atoms with Crippen LogP contribution in [0.25, 0.3) is 0 Å². The van der Waals surface area contributed by atoms with Crippen LogP contribution >= 0.6 is 0 Å². The van der Waals surface area contributed by atoms with Crippen LogP contribution in [0, 0.1) is 29.6 Å². The van der Waals surface area contributed by atoms with Gasteiger partial charge in [-0.3, -0.25) is 4.79 Å². The Kier molecular flexibility index (Phi) is 3.23. The first-order chi connectivity index (χ1) is 7.50. The van der Waals surface area contributed by atoms with Gasteiger partial charge < -0.3 is 0 Å². The molecule has 1 nitrogen and oxygen atoms in total. The topological polar surface area (TPSA) is 17.1 Å². The fourth-order valence-corrected chi connectivity index (χ4v) is 3.85. The normalized spacial score (nSPS) is 43.9. The van der Waals surface area contributed by atoms with E-state index in [-0.39, 0.29) is 0 Å². The minimum atomic E-state index is 0.361. The highest BCUT2D eigenvalue weighted by Gasteiger charge is 2.45. The number of fused-ring (bicyclic) bond motifs is 1. The van der Waals surface area contributed by atoms with Crippen LogP contribution in [0.5, 0.6) is 0 Å². The highest BCUT2D eigenvalue weighted by Crippen LogP contribution is 2.47. The van der Waals surface area contributed by atoms with Gasteiger partial charge in [0.25, 0.3) is 0 Å². The zero-order chi connectivity index (χ0) is 11.9. The first-order valence-electron chi connectivity index (χ1n) is 6.68. The predicted octanol–water partition coefficient (Wildman–Crippen LogP) is 3.84. The molecule has 0 amide bonds. The van der Waals surface area contributed by atoms with Crippen LogP contribution in [0.1, 0.15) is 46.5 Å². The maximum atomic E-state index is 12.0. The van der Waals surface area contributed by atoms with Gasteiger partial charge in [0, 0.05) is 12.3 Å². The van der Waals surface area contributed by atoms with Gasteiger partial charge >= 0.3 is 0 Å². The molecule has 0 aromatic carbocycles. The van der Waals surface area contributed by atoms with Gasteiger partial charge in [-0.25, -0.2) is 0 Å². The SMILES string of the molecule is C=C(C)[C@@H]1CC[C@H](C)[C@H]2C(=O)C[C@H](C)[C@H]2C1. The van der Waals surface area contributed by atoms with E-state index in [2.05, 4.69) is 27.4 Å². The average molecular weight is 220 g/mol. The van der Waals surface area contributed by atoms with Crippen molar-refractivity contribution in [3.63, 3.8) is 0 Å². The maximum Gasteiger partial charge on any atom is 0.136 e. The summed E-state index contributed by atoms with van der Waals surface area (Å²) in [6.07, 6.45) is 4.47. The molecule has 0 aromatic heterocycles. The van der Waals surface area contributed by atoms with Crippen LogP contribution < -0.4 is 0 Å². The van der Waals surface area contributed by atoms with Gasteiger partial charge in [0.15, 0.2) is 0 Å². The summed E-state index contributed by atoms with van der Waals surface area (Å²) in [6.45, 7) is 10.8. The number of hydrogen-bond donors (Lipinski definition) is 0. The lowest BCUT2D eigenvalue weighted by Crippen LogP contribution is -2.22. The smallest absolute Gasteiger partial charge is 0.136 e. The fourth-order valence-electron chi connectivity index (χ4n) is 3.85. The molecule has 2 aliphatic rings. The average Bonchev–Trinajstić information content (AvgIpc) is 2.39. The van der Waals surface area contributed by atoms with E-state index < -0.39 is 0 Å². The Morgan fingerprint density at radius 1 is 1.25 bits per heavy atom. The molecule has 16 heavy (non-hydrogen) atoms. The van der Waals surface area contributed by atoms with Gasteiger partial charge in [0.2, 0.25) is 0 Å². The molecule has 0 bridgehead atoms. The monoisotopic (exact) mass is 220 g/mol. The highest BCUT2D eigenvalue weighted by molar-refractivity contribution is 5.84. The number of Topliss-reactive ketones (excluding diaryl/α,β-unsaturated/α-hetero) is 1. The number of carbonyl (C=O) groups is 1. The van der Waals surface area contributed by atoms with Gasteiger partial charge in [0.1, 0.15) is 5.78 Å². The molecular weight excluding hydrogens is 196 g/mol. The molecule has 0 spiro atoms. The van der Waals surface area contributed by atoms with Gasteiger partial charge in [-0.15, -0.1) is 0 Å². The molecule has 0 unspecified atom stereocenters. The third-order valence-corrected chi connectivity index (χ3v) is 4.92. The third kappa shape index (κ3) is 1.97. The minimum Gasteiger partial charge on any atom is -0.299 e. The van der Waals surface area contributed by atoms with Gasteiger partial charge in [0.05, 0.1) is 0 Å². The molecular formula is C15H24O. The lowest BCUT2D eigenvalue weighted by atomic mass is 9.79. The number of rotatable bonds is 1. The molecule has 0 aliphatic heterocycles. The summed E-state index contributed by atoms with van der Waals surface area (Å²) < 4.78 is 0. The van der Waals surface area contributed by atoms with Gasteiger partial charge in [-0.2, -0.15) is 0 Å². The Morgan fingerprint density at radius 3 is 2.56 bits per heavy atom. The van der Waals surface area contributed by atoms with Crippen molar-refractivity contribution in [3.8, 4) is 0 Å². The molecule has 2 aliphatic carbocycles. The van der Waals surface area contributed by atoms with E-state index in [0.717, 1.165) is 6.42 Å². The lowest BCUT2D eigenvalue weighted by molar-refractivity contribution is -0.122. The molecule has 0 saturated heterocycles. The molecule has 0 N–H and O–H groups in total. The van der Waals surface area contributed by atoms with Crippen molar-refractivity contribution >= 4 is 5.78 Å². The van der Waals surface area contributed by atoms with E-state index in [4.69, 9.17) is 0 Å². The van der Waals surface area contributed by atoms with Crippen molar-refractivity contribution in [1.82, 2.24) is 0 Å². The molecule has 5 atom stereocenters. The first kappa shape index (κ1) is 11.9. The third-order valence-electron chi connectivity index (χ3n) is 4.92. The van der Waals surface area contributed by atoms with Crippen LogP contribution in [0.15, 0.2) is 12.2 Å². The molecule has 1 heteroatoms. The molecule has 2 fully saturated rings. The number of ketones is 1. The quantitative estimate of drug-likeness (QED) is 0.614. The van der Waals surface area contributed by atoms with Gasteiger partial charge in [-0.1, -0.05) is 26.0 Å². The predicted molar refractivity (Wildman–Crippen MR) is 67.1 cm³/mol. The Labute approximate surface area is 99.3 Å². The number of allylic oxidation sites excluding steroid dienone is 1. The van der Waals surface area contributed by atoms with Crippen LogP contribution in [0.2, 0.25) is 0 Å². The summed E-state index contributed by atoms with van der Waals surface area (Å²) >= 11 is 0. The molecule has 2 saturated carbocycles. The first-order valence-corrected chi connectivity index (χ1v) is 6.68. The van der Waals surface area contributed by atoms with E-state index in [1.54, 1.807) is 0 Å². The summed E-state index contributed by atoms with van der Waals surface area (Å²) in [4.78, 5) is 12.0. The Morgan fingerprint density at radius 2 is 1.94 bits per heavy atom. The Bertz CT molecular complexity index is 305. The second kappa shape index (κ2) is 4.35. The molecule has 2 rings (SSSR count). The molecule has 0 aromatic rings. The summed E-state index contributed by atoms with van der Waals surface area (Å²) in [5.74, 6) is 3.37. The summed E-state index contributed by atoms with van der Waals surface area (Å²) in [5.41, 5.74) is 1.32. The number of carbonyl (C=O) groups excluding carboxylic acids is 1. The molecule has 0 heterocycles. The zero-order valence-electron chi connectivity index (χ0n) is 10.8. The summed E-state index contributed by atoms with van der Waals surface area (Å²) in [5, 5.41) is 0. The van der Waals surface area contributed by atoms with Crippen LogP contribution in [0.4, 0.5) is 0 Å². The lowest BCUT2D eigenvalue weighted by Gasteiger charge is -2.24. The van der Waals surface area contributed by atoms with Crippen molar-refractivity contribution < 1.29 is 4.79 Å². The largest absolute Gasteiger partial charge is 0.299 e. The van der Waals surface area contributed by atoms with Crippen molar-refractivity contribution in [2.75, 3.05) is 0 Å². The van der Waals surface area contributed by atoms with E-state index in [1.807, 2.05) is 0 Å². The fraction of sp³-hybridized carbons (Fsp3) is 0.800. The van der Waals surface area contributed by atoms with Crippen molar-refractivity contribution in [2.45, 2.75) is 46.5 Å². The maximum absolute atomic E-state index is 12.0. The molecule has 90 valence electrons. The van der Waals surface area contributed by atoms with E-state index >= 15 is 0 Å². The second-order valence-corrected chi connectivity index (χ2v) is 6.17. The minimum absolute atomic E-state index is 0.361. The van der Waals surface area contributed by atoms with E-state index in [0.29, 0.717) is 35.4 Å².